The predicted octanol–water partition coefficient (Wildman–Crippen LogP) is 5.41. The van der Waals surface area contributed by atoms with Gasteiger partial charge >= 0.3 is 0 Å². The highest BCUT2D eigenvalue weighted by molar-refractivity contribution is 5.85. The van der Waals surface area contributed by atoms with E-state index in [1.165, 1.54) is 66.3 Å². The average Bonchev–Trinajstić information content (AvgIpc) is 3.40. The third kappa shape index (κ3) is 3.34. The maximum atomic E-state index is 3.61. The second kappa shape index (κ2) is 7.76. The van der Waals surface area contributed by atoms with Crippen molar-refractivity contribution in [2.24, 2.45) is 0 Å². The fourth-order valence-corrected chi connectivity index (χ4v) is 6.16. The summed E-state index contributed by atoms with van der Waals surface area (Å²) in [6.45, 7) is 6.83. The van der Waals surface area contributed by atoms with Crippen LogP contribution in [0.4, 0.5) is 0 Å². The van der Waals surface area contributed by atoms with Gasteiger partial charge in [0.1, 0.15) is 0 Å². The zero-order valence-electron chi connectivity index (χ0n) is 18.4. The number of hydrogen-bond donors (Lipinski definition) is 1. The summed E-state index contributed by atoms with van der Waals surface area (Å²) in [5.41, 5.74) is 5.58. The van der Waals surface area contributed by atoms with E-state index >= 15 is 0 Å². The molecule has 31 heavy (non-hydrogen) atoms. The molecule has 0 bridgehead atoms. The molecule has 1 saturated heterocycles. The number of aromatic nitrogens is 2. The van der Waals surface area contributed by atoms with Crippen molar-refractivity contribution < 1.29 is 0 Å². The number of para-hydroxylation sites is 2. The lowest BCUT2D eigenvalue weighted by Crippen LogP contribution is -2.54. The Balaban J connectivity index is 1.10. The Bertz CT molecular complexity index is 1190. The van der Waals surface area contributed by atoms with Crippen LogP contribution in [-0.4, -0.2) is 46.8 Å². The van der Waals surface area contributed by atoms with Gasteiger partial charge in [0, 0.05) is 60.4 Å². The molecule has 160 valence electrons. The molecule has 0 spiro atoms. The summed E-state index contributed by atoms with van der Waals surface area (Å²) in [7, 11) is 0. The Hall–Kier alpha value is -2.72. The predicted molar refractivity (Wildman–Crippen MR) is 129 cm³/mol. The summed E-state index contributed by atoms with van der Waals surface area (Å²) in [6.07, 6.45) is 7.52. The van der Waals surface area contributed by atoms with Crippen LogP contribution in [0.15, 0.2) is 60.8 Å². The normalized spacial score (nSPS) is 23.1. The first-order chi connectivity index (χ1) is 15.3. The molecule has 1 saturated carbocycles. The molecule has 1 N–H and O–H groups in total. The molecule has 2 aromatic carbocycles. The first kappa shape index (κ1) is 19.0. The molecule has 0 unspecified atom stereocenters. The molecule has 4 nitrogen and oxygen atoms in total. The maximum Gasteiger partial charge on any atom is 0.0694 e. The number of aryl methyl sites for hydroxylation is 1. The Morgan fingerprint density at radius 3 is 2.39 bits per heavy atom. The van der Waals surface area contributed by atoms with Crippen LogP contribution in [-0.2, 0) is 0 Å². The number of nitrogens with one attached hydrogen (secondary N) is 1. The van der Waals surface area contributed by atoms with E-state index in [9.17, 15) is 0 Å². The third-order valence-electron chi connectivity index (χ3n) is 7.74. The first-order valence-electron chi connectivity index (χ1n) is 11.9. The minimum Gasteiger partial charge on any atom is -0.358 e. The minimum absolute atomic E-state index is 0.708. The number of benzene rings is 2. The summed E-state index contributed by atoms with van der Waals surface area (Å²) < 4.78 is 2.36. The Labute approximate surface area is 184 Å². The van der Waals surface area contributed by atoms with E-state index in [0.717, 1.165) is 19.1 Å². The smallest absolute Gasteiger partial charge is 0.0694 e. The van der Waals surface area contributed by atoms with Crippen LogP contribution in [0.2, 0.25) is 0 Å². The number of aromatic amines is 1. The van der Waals surface area contributed by atoms with E-state index in [1.54, 1.807) is 5.56 Å². The van der Waals surface area contributed by atoms with Gasteiger partial charge in [-0.05, 0) is 62.3 Å². The molecule has 1 aliphatic heterocycles. The van der Waals surface area contributed by atoms with Crippen LogP contribution in [0.1, 0.15) is 42.9 Å². The summed E-state index contributed by atoms with van der Waals surface area (Å²) in [5, 5.41) is 5.28. The molecule has 0 atom stereocenters. The van der Waals surface area contributed by atoms with Crippen molar-refractivity contribution >= 4 is 21.8 Å². The van der Waals surface area contributed by atoms with Crippen molar-refractivity contribution in [3.8, 4) is 0 Å². The van der Waals surface area contributed by atoms with E-state index in [-0.39, 0.29) is 0 Å². The number of fused-ring (bicyclic) bond motifs is 2. The lowest BCUT2D eigenvalue weighted by Gasteiger charge is -2.43. The average molecular weight is 413 g/mol. The molecule has 2 fully saturated rings. The lowest BCUT2D eigenvalue weighted by atomic mass is 9.80. The van der Waals surface area contributed by atoms with E-state index in [2.05, 4.69) is 87.3 Å². The number of H-pyrrole nitrogens is 1. The molecule has 4 heteroatoms. The maximum absolute atomic E-state index is 3.61. The quantitative estimate of drug-likeness (QED) is 0.487. The van der Waals surface area contributed by atoms with Gasteiger partial charge in [0.05, 0.1) is 5.52 Å². The molecule has 6 rings (SSSR count). The standard InChI is InChI=1S/C27H32N4/c1-20-27(24-7-3-4-8-25(24)28-20)22-10-12-23(13-11-22)29-16-18-30(19-17-29)31-15-14-21-6-2-5-9-26(21)31/h2-9,14-15,22-23,28H,10-13,16-19H2,1H3/t22-,23+. The fraction of sp³-hybridized carbons (Fsp3) is 0.407. The Morgan fingerprint density at radius 1 is 0.806 bits per heavy atom. The van der Waals surface area contributed by atoms with Crippen molar-refractivity contribution in [2.75, 3.05) is 31.2 Å². The minimum atomic E-state index is 0.708. The summed E-state index contributed by atoms with van der Waals surface area (Å²) in [5.74, 6) is 0.708. The second-order valence-electron chi connectivity index (χ2n) is 9.42. The van der Waals surface area contributed by atoms with Crippen molar-refractivity contribution in [1.29, 1.82) is 0 Å². The van der Waals surface area contributed by atoms with Gasteiger partial charge in [-0.1, -0.05) is 36.4 Å². The zero-order valence-corrected chi connectivity index (χ0v) is 18.4. The molecule has 4 aromatic rings. The van der Waals surface area contributed by atoms with Crippen molar-refractivity contribution in [3.63, 3.8) is 0 Å². The van der Waals surface area contributed by atoms with Gasteiger partial charge in [-0.3, -0.25) is 9.58 Å². The molecule has 0 amide bonds. The molecular weight excluding hydrogens is 380 g/mol. The second-order valence-corrected chi connectivity index (χ2v) is 9.42. The van der Waals surface area contributed by atoms with Crippen LogP contribution in [0, 0.1) is 6.92 Å². The van der Waals surface area contributed by atoms with Gasteiger partial charge in [0.15, 0.2) is 0 Å². The van der Waals surface area contributed by atoms with Crippen molar-refractivity contribution in [3.05, 3.63) is 72.1 Å². The zero-order chi connectivity index (χ0) is 20.8. The van der Waals surface area contributed by atoms with E-state index in [4.69, 9.17) is 0 Å². The van der Waals surface area contributed by atoms with Crippen molar-refractivity contribution in [2.45, 2.75) is 44.6 Å². The van der Waals surface area contributed by atoms with Gasteiger partial charge in [0.2, 0.25) is 0 Å². The number of rotatable bonds is 3. The van der Waals surface area contributed by atoms with Crippen LogP contribution >= 0.6 is 0 Å². The molecule has 0 radical (unpaired) electrons. The summed E-state index contributed by atoms with van der Waals surface area (Å²) in [6, 6.07) is 20.5. The first-order valence-corrected chi connectivity index (χ1v) is 11.9. The highest BCUT2D eigenvalue weighted by Gasteiger charge is 2.30. The van der Waals surface area contributed by atoms with E-state index in [1.807, 2.05) is 0 Å². The van der Waals surface area contributed by atoms with Crippen LogP contribution in [0.3, 0.4) is 0 Å². The highest BCUT2D eigenvalue weighted by Crippen LogP contribution is 2.39. The lowest BCUT2D eigenvalue weighted by molar-refractivity contribution is 0.134. The summed E-state index contributed by atoms with van der Waals surface area (Å²) >= 11 is 0. The number of piperazine rings is 1. The SMILES string of the molecule is Cc1[nH]c2ccccc2c1[C@H]1CC[C@@H](N2CCN(n3ccc4ccccc43)CC2)CC1. The Morgan fingerprint density at radius 2 is 1.55 bits per heavy atom. The van der Waals surface area contributed by atoms with Gasteiger partial charge in [-0.25, -0.2) is 0 Å². The van der Waals surface area contributed by atoms with Crippen LogP contribution in [0.25, 0.3) is 21.8 Å². The molecule has 2 aromatic heterocycles. The van der Waals surface area contributed by atoms with Crippen LogP contribution in [0.5, 0.6) is 0 Å². The van der Waals surface area contributed by atoms with E-state index < -0.39 is 0 Å². The van der Waals surface area contributed by atoms with Crippen LogP contribution < -0.4 is 5.01 Å². The third-order valence-corrected chi connectivity index (χ3v) is 7.74. The molecule has 3 heterocycles. The highest BCUT2D eigenvalue weighted by atomic mass is 15.6. The fourth-order valence-electron chi connectivity index (χ4n) is 6.16. The van der Waals surface area contributed by atoms with E-state index in [0.29, 0.717) is 5.92 Å². The molecule has 1 aliphatic carbocycles. The van der Waals surface area contributed by atoms with Gasteiger partial charge in [-0.15, -0.1) is 0 Å². The van der Waals surface area contributed by atoms with Gasteiger partial charge in [0.25, 0.3) is 0 Å². The topological polar surface area (TPSA) is 27.2 Å². The summed E-state index contributed by atoms with van der Waals surface area (Å²) in [4.78, 5) is 6.38. The largest absolute Gasteiger partial charge is 0.358 e. The molecule has 2 aliphatic rings. The Kier molecular flexibility index (Phi) is 4.76. The number of nitrogens with zero attached hydrogens (tertiary/aromatic N) is 3. The molecular formula is C27H32N4. The van der Waals surface area contributed by atoms with Gasteiger partial charge < -0.3 is 9.99 Å². The monoisotopic (exact) mass is 412 g/mol. The number of hydrogen-bond acceptors (Lipinski definition) is 2. The van der Waals surface area contributed by atoms with Crippen molar-refractivity contribution in [1.82, 2.24) is 14.6 Å². The van der Waals surface area contributed by atoms with Gasteiger partial charge in [-0.2, -0.15) is 0 Å².